The van der Waals surface area contributed by atoms with E-state index in [9.17, 15) is 0 Å². The molecule has 0 aliphatic carbocycles. The molecular weight excluding hydrogens is 354 g/mol. The summed E-state index contributed by atoms with van der Waals surface area (Å²) in [5, 5.41) is 3.16. The number of rotatable bonds is 8. The van der Waals surface area contributed by atoms with Gasteiger partial charge in [0, 0.05) is 16.6 Å². The molecule has 0 saturated carbocycles. The van der Waals surface area contributed by atoms with Gasteiger partial charge in [-0.3, -0.25) is 0 Å². The number of hydrogen-bond donors (Lipinski definition) is 1. The smallest absolute Gasteiger partial charge is 0.124 e. The number of nitrogens with one attached hydrogen (secondary N) is 1. The Morgan fingerprint density at radius 2 is 1.70 bits per heavy atom. The molecule has 0 bridgehead atoms. The van der Waals surface area contributed by atoms with Crippen LogP contribution in [0.3, 0.4) is 0 Å². The maximum atomic E-state index is 5.89. The zero-order valence-corrected chi connectivity index (χ0v) is 15.5. The summed E-state index contributed by atoms with van der Waals surface area (Å²) in [4.78, 5) is 0. The molecule has 1 N–H and O–H groups in total. The molecule has 0 amide bonds. The summed E-state index contributed by atoms with van der Waals surface area (Å²) in [6.45, 7) is 6.16. The molecule has 0 fully saturated rings. The Morgan fingerprint density at radius 3 is 2.39 bits per heavy atom. The molecule has 0 unspecified atom stereocenters. The number of hydrogen-bond acceptors (Lipinski definition) is 3. The minimum atomic E-state index is 0.445. The molecule has 0 aliphatic heterocycles. The molecule has 0 saturated heterocycles. The molecule has 2 aromatic rings. The third-order valence-electron chi connectivity index (χ3n) is 3.53. The van der Waals surface area contributed by atoms with Crippen molar-refractivity contribution in [3.05, 3.63) is 58.1 Å². The van der Waals surface area contributed by atoms with Crippen LogP contribution in [0.2, 0.25) is 0 Å². The fourth-order valence-corrected chi connectivity index (χ4v) is 2.82. The predicted octanol–water partition coefficient (Wildman–Crippen LogP) is 4.75. The SMILES string of the molecule is CNCc1cc(Br)ccc1OCCOc1ccccc1C(C)C. The first-order chi connectivity index (χ1) is 11.1. The Bertz CT molecular complexity index is 629. The lowest BCUT2D eigenvalue weighted by Crippen LogP contribution is -2.13. The molecule has 2 rings (SSSR count). The van der Waals surface area contributed by atoms with E-state index in [-0.39, 0.29) is 0 Å². The van der Waals surface area contributed by atoms with Crippen molar-refractivity contribution in [1.82, 2.24) is 5.32 Å². The second kappa shape index (κ2) is 8.94. The first-order valence-electron chi connectivity index (χ1n) is 7.89. The number of ether oxygens (including phenoxy) is 2. The minimum Gasteiger partial charge on any atom is -0.490 e. The summed E-state index contributed by atoms with van der Waals surface area (Å²) >= 11 is 3.49. The van der Waals surface area contributed by atoms with E-state index in [4.69, 9.17) is 9.47 Å². The minimum absolute atomic E-state index is 0.445. The van der Waals surface area contributed by atoms with Crippen molar-refractivity contribution in [3.63, 3.8) is 0 Å². The van der Waals surface area contributed by atoms with Crippen molar-refractivity contribution in [3.8, 4) is 11.5 Å². The van der Waals surface area contributed by atoms with Crippen LogP contribution in [0, 0.1) is 0 Å². The predicted molar refractivity (Wildman–Crippen MR) is 98.4 cm³/mol. The van der Waals surface area contributed by atoms with Crippen LogP contribution in [0.5, 0.6) is 11.5 Å². The van der Waals surface area contributed by atoms with Gasteiger partial charge < -0.3 is 14.8 Å². The maximum Gasteiger partial charge on any atom is 0.124 e. The summed E-state index contributed by atoms with van der Waals surface area (Å²) in [5.41, 5.74) is 2.36. The van der Waals surface area contributed by atoms with Gasteiger partial charge in [0.1, 0.15) is 24.7 Å². The zero-order valence-electron chi connectivity index (χ0n) is 13.9. The third kappa shape index (κ3) is 5.26. The van der Waals surface area contributed by atoms with Gasteiger partial charge in [0.2, 0.25) is 0 Å². The summed E-state index contributed by atoms with van der Waals surface area (Å²) in [6.07, 6.45) is 0. The van der Waals surface area contributed by atoms with Crippen LogP contribution in [-0.4, -0.2) is 20.3 Å². The first kappa shape index (κ1) is 17.8. The number of para-hydroxylation sites is 1. The van der Waals surface area contributed by atoms with E-state index >= 15 is 0 Å². The fourth-order valence-electron chi connectivity index (χ4n) is 2.41. The maximum absolute atomic E-state index is 5.89. The molecule has 0 aromatic heterocycles. The normalized spacial score (nSPS) is 10.8. The number of benzene rings is 2. The van der Waals surface area contributed by atoms with Gasteiger partial charge in [-0.05, 0) is 42.8 Å². The highest BCUT2D eigenvalue weighted by molar-refractivity contribution is 9.10. The molecule has 2 aromatic carbocycles. The molecule has 124 valence electrons. The molecule has 0 radical (unpaired) electrons. The highest BCUT2D eigenvalue weighted by Gasteiger charge is 2.07. The summed E-state index contributed by atoms with van der Waals surface area (Å²) in [7, 11) is 1.93. The lowest BCUT2D eigenvalue weighted by atomic mass is 10.0. The van der Waals surface area contributed by atoms with Crippen molar-refractivity contribution < 1.29 is 9.47 Å². The van der Waals surface area contributed by atoms with E-state index < -0.39 is 0 Å². The molecule has 23 heavy (non-hydrogen) atoms. The van der Waals surface area contributed by atoms with Crippen LogP contribution >= 0.6 is 15.9 Å². The van der Waals surface area contributed by atoms with E-state index in [1.165, 1.54) is 5.56 Å². The average molecular weight is 378 g/mol. The Balaban J connectivity index is 1.91. The monoisotopic (exact) mass is 377 g/mol. The van der Waals surface area contributed by atoms with Crippen molar-refractivity contribution in [2.75, 3.05) is 20.3 Å². The largest absolute Gasteiger partial charge is 0.490 e. The molecule has 0 atom stereocenters. The van der Waals surface area contributed by atoms with Gasteiger partial charge in [0.15, 0.2) is 0 Å². The van der Waals surface area contributed by atoms with E-state index in [1.807, 2.05) is 37.4 Å². The molecule has 0 heterocycles. The molecule has 0 aliphatic rings. The van der Waals surface area contributed by atoms with Crippen LogP contribution in [0.4, 0.5) is 0 Å². The average Bonchev–Trinajstić information content (AvgIpc) is 2.54. The van der Waals surface area contributed by atoms with E-state index in [1.54, 1.807) is 0 Å². The lowest BCUT2D eigenvalue weighted by molar-refractivity contribution is 0.214. The van der Waals surface area contributed by atoms with Gasteiger partial charge in [0.25, 0.3) is 0 Å². The van der Waals surface area contributed by atoms with Crippen molar-refractivity contribution in [2.24, 2.45) is 0 Å². The van der Waals surface area contributed by atoms with Crippen LogP contribution in [0.25, 0.3) is 0 Å². The second-order valence-corrected chi connectivity index (χ2v) is 6.59. The summed E-state index contributed by atoms with van der Waals surface area (Å²) < 4.78 is 12.8. The Morgan fingerprint density at radius 1 is 1.00 bits per heavy atom. The van der Waals surface area contributed by atoms with Gasteiger partial charge in [0.05, 0.1) is 0 Å². The number of halogens is 1. The van der Waals surface area contributed by atoms with Crippen molar-refractivity contribution >= 4 is 15.9 Å². The highest BCUT2D eigenvalue weighted by atomic mass is 79.9. The van der Waals surface area contributed by atoms with Crippen LogP contribution < -0.4 is 14.8 Å². The third-order valence-corrected chi connectivity index (χ3v) is 4.02. The lowest BCUT2D eigenvalue weighted by Gasteiger charge is -2.15. The van der Waals surface area contributed by atoms with Gasteiger partial charge >= 0.3 is 0 Å². The van der Waals surface area contributed by atoms with E-state index in [2.05, 4.69) is 47.2 Å². The van der Waals surface area contributed by atoms with Gasteiger partial charge in [-0.1, -0.05) is 48.0 Å². The molecule has 0 spiro atoms. The Kier molecular flexibility index (Phi) is 6.93. The topological polar surface area (TPSA) is 30.5 Å². The standard InChI is InChI=1S/C19H24BrNO2/c1-14(2)17-6-4-5-7-19(17)23-11-10-22-18-9-8-16(20)12-15(18)13-21-3/h4-9,12,14,21H,10-11,13H2,1-3H3. The second-order valence-electron chi connectivity index (χ2n) is 5.67. The molecule has 4 heteroatoms. The van der Waals surface area contributed by atoms with Crippen LogP contribution in [-0.2, 0) is 6.54 Å². The van der Waals surface area contributed by atoms with Gasteiger partial charge in [-0.25, -0.2) is 0 Å². The van der Waals surface area contributed by atoms with E-state index in [0.29, 0.717) is 19.1 Å². The fraction of sp³-hybridized carbons (Fsp3) is 0.368. The van der Waals surface area contributed by atoms with Gasteiger partial charge in [-0.15, -0.1) is 0 Å². The van der Waals surface area contributed by atoms with Crippen molar-refractivity contribution in [1.29, 1.82) is 0 Å². The summed E-state index contributed by atoms with van der Waals surface area (Å²) in [6, 6.07) is 14.2. The van der Waals surface area contributed by atoms with Crippen molar-refractivity contribution in [2.45, 2.75) is 26.3 Å². The summed E-state index contributed by atoms with van der Waals surface area (Å²) in [5.74, 6) is 2.28. The Labute approximate surface area is 147 Å². The quantitative estimate of drug-likeness (QED) is 0.673. The molecule has 3 nitrogen and oxygen atoms in total. The van der Waals surface area contributed by atoms with Gasteiger partial charge in [-0.2, -0.15) is 0 Å². The zero-order chi connectivity index (χ0) is 16.7. The first-order valence-corrected chi connectivity index (χ1v) is 8.68. The molecular formula is C19H24BrNO2. The van der Waals surface area contributed by atoms with Crippen LogP contribution in [0.15, 0.2) is 46.9 Å². The van der Waals surface area contributed by atoms with Crippen LogP contribution in [0.1, 0.15) is 30.9 Å². The Hall–Kier alpha value is -1.52. The van der Waals surface area contributed by atoms with E-state index in [0.717, 1.165) is 28.1 Å². The highest BCUT2D eigenvalue weighted by Crippen LogP contribution is 2.26.